The van der Waals surface area contributed by atoms with Crippen molar-refractivity contribution < 1.29 is 9.47 Å². The average Bonchev–Trinajstić information content (AvgIpc) is 2.97. The molecule has 1 unspecified atom stereocenters. The fourth-order valence-electron chi connectivity index (χ4n) is 3.06. The summed E-state index contributed by atoms with van der Waals surface area (Å²) in [7, 11) is 1.63. The van der Waals surface area contributed by atoms with E-state index in [9.17, 15) is 4.79 Å². The molecule has 3 aromatic rings. The number of rotatable bonds is 2. The smallest absolute Gasteiger partial charge is 0.207 e. The molecule has 116 valence electrons. The molecule has 1 aromatic carbocycles. The summed E-state index contributed by atoms with van der Waals surface area (Å²) in [5, 5.41) is 0.603. The maximum absolute atomic E-state index is 12.7. The highest BCUT2D eigenvalue weighted by molar-refractivity contribution is 5.79. The Balaban J connectivity index is 2.11. The van der Waals surface area contributed by atoms with Gasteiger partial charge in [-0.05, 0) is 31.2 Å². The van der Waals surface area contributed by atoms with Gasteiger partial charge in [-0.15, -0.1) is 0 Å². The molecule has 1 atom stereocenters. The second-order valence-electron chi connectivity index (χ2n) is 5.66. The Bertz CT molecular complexity index is 962. The predicted octanol–water partition coefficient (Wildman–Crippen LogP) is 2.72. The van der Waals surface area contributed by atoms with Crippen molar-refractivity contribution in [3.05, 3.63) is 58.4 Å². The Morgan fingerprint density at radius 2 is 2.17 bits per heavy atom. The largest absolute Gasteiger partial charge is 0.497 e. The predicted molar refractivity (Wildman–Crippen MR) is 87.7 cm³/mol. The summed E-state index contributed by atoms with van der Waals surface area (Å²) in [5.41, 5.74) is 2.17. The summed E-state index contributed by atoms with van der Waals surface area (Å²) in [6.07, 6.45) is 2.28. The van der Waals surface area contributed by atoms with E-state index in [-0.39, 0.29) is 11.5 Å². The molecule has 5 nitrogen and oxygen atoms in total. The molecular formula is C18H16N2O3. The Morgan fingerprint density at radius 1 is 1.30 bits per heavy atom. The van der Waals surface area contributed by atoms with E-state index in [1.54, 1.807) is 19.4 Å². The van der Waals surface area contributed by atoms with Crippen molar-refractivity contribution in [1.82, 2.24) is 9.55 Å². The average molecular weight is 308 g/mol. The van der Waals surface area contributed by atoms with E-state index in [4.69, 9.17) is 9.47 Å². The molecule has 0 fully saturated rings. The molecule has 0 saturated carbocycles. The number of ether oxygens (including phenoxy) is 2. The quantitative estimate of drug-likeness (QED) is 0.730. The lowest BCUT2D eigenvalue weighted by Crippen LogP contribution is -2.14. The van der Waals surface area contributed by atoms with Crippen LogP contribution in [0.1, 0.15) is 12.5 Å². The third-order valence-corrected chi connectivity index (χ3v) is 4.09. The van der Waals surface area contributed by atoms with Gasteiger partial charge in [0.25, 0.3) is 0 Å². The van der Waals surface area contributed by atoms with Crippen molar-refractivity contribution >= 4 is 11.0 Å². The van der Waals surface area contributed by atoms with Crippen LogP contribution in [0, 0.1) is 0 Å². The van der Waals surface area contributed by atoms with E-state index in [0.29, 0.717) is 28.9 Å². The van der Waals surface area contributed by atoms with Crippen LogP contribution in [0.3, 0.4) is 0 Å². The number of methoxy groups -OCH3 is 1. The van der Waals surface area contributed by atoms with Gasteiger partial charge in [-0.3, -0.25) is 9.36 Å². The Labute approximate surface area is 133 Å². The summed E-state index contributed by atoms with van der Waals surface area (Å²) < 4.78 is 13.2. The fourth-order valence-corrected chi connectivity index (χ4v) is 3.06. The van der Waals surface area contributed by atoms with Crippen LogP contribution in [0.5, 0.6) is 11.6 Å². The maximum Gasteiger partial charge on any atom is 0.207 e. The van der Waals surface area contributed by atoms with Gasteiger partial charge in [0.1, 0.15) is 11.9 Å². The maximum atomic E-state index is 12.7. The van der Waals surface area contributed by atoms with Crippen molar-refractivity contribution in [3.8, 4) is 17.3 Å². The molecule has 4 rings (SSSR count). The van der Waals surface area contributed by atoms with Crippen LogP contribution in [-0.4, -0.2) is 22.8 Å². The van der Waals surface area contributed by atoms with Crippen LogP contribution < -0.4 is 14.9 Å². The van der Waals surface area contributed by atoms with Gasteiger partial charge in [0.2, 0.25) is 5.88 Å². The van der Waals surface area contributed by atoms with Crippen LogP contribution in [0.25, 0.3) is 16.7 Å². The first-order valence-corrected chi connectivity index (χ1v) is 7.52. The van der Waals surface area contributed by atoms with Crippen LogP contribution in [0.2, 0.25) is 0 Å². The SMILES string of the molecule is COc1cccc(-n2c3c(c(=O)c4cccnc42)CC(C)O3)c1. The van der Waals surface area contributed by atoms with Gasteiger partial charge in [-0.25, -0.2) is 4.98 Å². The highest BCUT2D eigenvalue weighted by atomic mass is 16.5. The summed E-state index contributed by atoms with van der Waals surface area (Å²) in [4.78, 5) is 17.1. The van der Waals surface area contributed by atoms with E-state index in [1.807, 2.05) is 41.8 Å². The first kappa shape index (κ1) is 13.8. The molecule has 5 heteroatoms. The van der Waals surface area contributed by atoms with Crippen molar-refractivity contribution in [2.45, 2.75) is 19.4 Å². The van der Waals surface area contributed by atoms with Crippen molar-refractivity contribution in [3.63, 3.8) is 0 Å². The van der Waals surface area contributed by atoms with Crippen LogP contribution >= 0.6 is 0 Å². The monoisotopic (exact) mass is 308 g/mol. The molecule has 2 aromatic heterocycles. The zero-order valence-electron chi connectivity index (χ0n) is 12.9. The minimum Gasteiger partial charge on any atom is -0.497 e. The van der Waals surface area contributed by atoms with Crippen LogP contribution in [-0.2, 0) is 6.42 Å². The number of pyridine rings is 2. The molecule has 23 heavy (non-hydrogen) atoms. The van der Waals surface area contributed by atoms with Gasteiger partial charge in [0, 0.05) is 18.7 Å². The molecule has 0 N–H and O–H groups in total. The Morgan fingerprint density at radius 3 is 3.00 bits per heavy atom. The van der Waals surface area contributed by atoms with Crippen molar-refractivity contribution in [2.24, 2.45) is 0 Å². The minimum absolute atomic E-state index is 0.00611. The molecule has 1 aliphatic heterocycles. The molecule has 0 aliphatic carbocycles. The van der Waals surface area contributed by atoms with E-state index >= 15 is 0 Å². The summed E-state index contributed by atoms with van der Waals surface area (Å²) in [5.74, 6) is 1.33. The second kappa shape index (κ2) is 5.12. The number of hydrogen-bond acceptors (Lipinski definition) is 4. The zero-order valence-corrected chi connectivity index (χ0v) is 12.9. The molecule has 0 amide bonds. The molecule has 3 heterocycles. The number of nitrogens with zero attached hydrogens (tertiary/aromatic N) is 2. The third kappa shape index (κ3) is 2.08. The standard InChI is InChI=1S/C18H16N2O3/c1-11-9-15-16(21)14-7-4-8-19-17(14)20(18(15)23-11)12-5-3-6-13(10-12)22-2/h3-8,10-11H,9H2,1-2H3. The lowest BCUT2D eigenvalue weighted by Gasteiger charge is -2.16. The molecule has 1 aliphatic rings. The molecule has 0 radical (unpaired) electrons. The van der Waals surface area contributed by atoms with E-state index < -0.39 is 0 Å². The molecule has 0 bridgehead atoms. The highest BCUT2D eigenvalue weighted by Gasteiger charge is 2.28. The van der Waals surface area contributed by atoms with Gasteiger partial charge in [0.15, 0.2) is 11.1 Å². The van der Waals surface area contributed by atoms with E-state index in [1.165, 1.54) is 0 Å². The van der Waals surface area contributed by atoms with Gasteiger partial charge in [0.05, 0.1) is 23.7 Å². The first-order chi connectivity index (χ1) is 11.2. The van der Waals surface area contributed by atoms with Gasteiger partial charge >= 0.3 is 0 Å². The van der Waals surface area contributed by atoms with E-state index in [0.717, 1.165) is 11.4 Å². The molecular weight excluding hydrogens is 292 g/mol. The normalized spacial score (nSPS) is 16.2. The van der Waals surface area contributed by atoms with Gasteiger partial charge in [-0.1, -0.05) is 6.07 Å². The summed E-state index contributed by atoms with van der Waals surface area (Å²) >= 11 is 0. The second-order valence-corrected chi connectivity index (χ2v) is 5.66. The number of hydrogen-bond donors (Lipinski definition) is 0. The minimum atomic E-state index is -0.0219. The number of fused-ring (bicyclic) bond motifs is 2. The Kier molecular flexibility index (Phi) is 3.08. The van der Waals surface area contributed by atoms with Crippen molar-refractivity contribution in [1.29, 1.82) is 0 Å². The van der Waals surface area contributed by atoms with Crippen LogP contribution in [0.15, 0.2) is 47.4 Å². The topological polar surface area (TPSA) is 53.4 Å². The van der Waals surface area contributed by atoms with E-state index in [2.05, 4.69) is 4.98 Å². The third-order valence-electron chi connectivity index (χ3n) is 4.09. The lowest BCUT2D eigenvalue weighted by molar-refractivity contribution is 0.242. The van der Waals surface area contributed by atoms with Gasteiger partial charge in [-0.2, -0.15) is 0 Å². The molecule has 0 spiro atoms. The summed E-state index contributed by atoms with van der Waals surface area (Å²) in [6.45, 7) is 1.97. The fraction of sp³-hybridized carbons (Fsp3) is 0.222. The lowest BCUT2D eigenvalue weighted by atomic mass is 10.1. The number of aromatic nitrogens is 2. The summed E-state index contributed by atoms with van der Waals surface area (Å²) in [6, 6.07) is 11.2. The highest BCUT2D eigenvalue weighted by Crippen LogP contribution is 2.33. The number of benzene rings is 1. The molecule has 0 saturated heterocycles. The zero-order chi connectivity index (χ0) is 16.0. The van der Waals surface area contributed by atoms with Crippen LogP contribution in [0.4, 0.5) is 0 Å². The van der Waals surface area contributed by atoms with Crippen molar-refractivity contribution in [2.75, 3.05) is 7.11 Å². The van der Waals surface area contributed by atoms with Gasteiger partial charge < -0.3 is 9.47 Å². The first-order valence-electron chi connectivity index (χ1n) is 7.52. The Hall–Kier alpha value is -2.82.